The van der Waals surface area contributed by atoms with E-state index in [-0.39, 0.29) is 0 Å². The van der Waals surface area contributed by atoms with Crippen LogP contribution in [0.4, 0.5) is 0 Å². The largest absolute Gasteiger partial charge is 0.0770 e. The standard InChI is InChI=1S/C13H16/c1-2-5-11-9-13-7-3-6-12(13)8-10(11)4-1/h3,6-7,12H,1-2,4-5,8-9H2. The molecule has 0 spiro atoms. The summed E-state index contributed by atoms with van der Waals surface area (Å²) in [5, 5.41) is 0. The summed E-state index contributed by atoms with van der Waals surface area (Å²) in [4.78, 5) is 0. The van der Waals surface area contributed by atoms with E-state index in [1.54, 1.807) is 16.7 Å². The van der Waals surface area contributed by atoms with Crippen molar-refractivity contribution in [3.05, 3.63) is 34.9 Å². The van der Waals surface area contributed by atoms with Gasteiger partial charge in [0.05, 0.1) is 0 Å². The molecular weight excluding hydrogens is 156 g/mol. The smallest absolute Gasteiger partial charge is 0.00235 e. The highest BCUT2D eigenvalue weighted by Gasteiger charge is 2.25. The molecule has 1 atom stereocenters. The van der Waals surface area contributed by atoms with Gasteiger partial charge in [0.25, 0.3) is 0 Å². The van der Waals surface area contributed by atoms with Crippen molar-refractivity contribution in [3.8, 4) is 0 Å². The average molecular weight is 172 g/mol. The lowest BCUT2D eigenvalue weighted by molar-refractivity contribution is 0.570. The van der Waals surface area contributed by atoms with Gasteiger partial charge in [0, 0.05) is 5.92 Å². The third kappa shape index (κ3) is 1.20. The zero-order valence-corrected chi connectivity index (χ0v) is 8.05. The lowest BCUT2D eigenvalue weighted by atomic mass is 9.76. The monoisotopic (exact) mass is 172 g/mol. The first-order chi connectivity index (χ1) is 6.43. The normalized spacial score (nSPS) is 31.4. The van der Waals surface area contributed by atoms with Gasteiger partial charge in [-0.1, -0.05) is 34.9 Å². The number of hydrogen-bond acceptors (Lipinski definition) is 0. The predicted molar refractivity (Wildman–Crippen MR) is 55.4 cm³/mol. The number of fused-ring (bicyclic) bond motifs is 1. The minimum absolute atomic E-state index is 0.789. The molecule has 0 heterocycles. The molecule has 0 saturated heterocycles. The van der Waals surface area contributed by atoms with Gasteiger partial charge in [-0.25, -0.2) is 0 Å². The van der Waals surface area contributed by atoms with Crippen LogP contribution in [0.15, 0.2) is 34.9 Å². The molecule has 0 aliphatic heterocycles. The van der Waals surface area contributed by atoms with Crippen LogP contribution in [-0.4, -0.2) is 0 Å². The van der Waals surface area contributed by atoms with E-state index in [0.717, 1.165) is 5.92 Å². The molecule has 0 saturated carbocycles. The number of allylic oxidation sites excluding steroid dienone is 6. The summed E-state index contributed by atoms with van der Waals surface area (Å²) in [6.07, 6.45) is 15.3. The molecule has 0 fully saturated rings. The maximum Gasteiger partial charge on any atom is 0.00235 e. The highest BCUT2D eigenvalue weighted by molar-refractivity contribution is 5.38. The fraction of sp³-hybridized carbons (Fsp3) is 0.538. The number of rotatable bonds is 0. The average Bonchev–Trinajstić information content (AvgIpc) is 2.61. The van der Waals surface area contributed by atoms with Crippen molar-refractivity contribution >= 4 is 0 Å². The number of hydrogen-bond donors (Lipinski definition) is 0. The van der Waals surface area contributed by atoms with E-state index >= 15 is 0 Å². The first kappa shape index (κ1) is 7.61. The SMILES string of the molecule is C1=CC2CC3=C(CCCC3)CC2=C1. The molecule has 0 aromatic carbocycles. The van der Waals surface area contributed by atoms with Crippen molar-refractivity contribution in [1.29, 1.82) is 0 Å². The highest BCUT2D eigenvalue weighted by atomic mass is 14.3. The Morgan fingerprint density at radius 2 is 1.92 bits per heavy atom. The molecule has 0 bridgehead atoms. The Hall–Kier alpha value is -0.780. The fourth-order valence-electron chi connectivity index (χ4n) is 2.95. The van der Waals surface area contributed by atoms with E-state index in [1.807, 2.05) is 0 Å². The van der Waals surface area contributed by atoms with E-state index in [4.69, 9.17) is 0 Å². The lowest BCUT2D eigenvalue weighted by Gasteiger charge is -2.29. The summed E-state index contributed by atoms with van der Waals surface area (Å²) in [7, 11) is 0. The zero-order valence-electron chi connectivity index (χ0n) is 8.05. The molecule has 68 valence electrons. The zero-order chi connectivity index (χ0) is 8.67. The van der Waals surface area contributed by atoms with Gasteiger partial charge >= 0.3 is 0 Å². The first-order valence-corrected chi connectivity index (χ1v) is 5.50. The minimum Gasteiger partial charge on any atom is -0.0770 e. The predicted octanol–water partition coefficient (Wildman–Crippen LogP) is 3.76. The molecule has 3 aliphatic rings. The van der Waals surface area contributed by atoms with Gasteiger partial charge in [0.15, 0.2) is 0 Å². The van der Waals surface area contributed by atoms with Crippen molar-refractivity contribution < 1.29 is 0 Å². The second-order valence-corrected chi connectivity index (χ2v) is 4.53. The molecule has 1 unspecified atom stereocenters. The van der Waals surface area contributed by atoms with Crippen LogP contribution in [0.25, 0.3) is 0 Å². The maximum atomic E-state index is 2.38. The Kier molecular flexibility index (Phi) is 1.68. The van der Waals surface area contributed by atoms with Crippen LogP contribution < -0.4 is 0 Å². The molecular formula is C13H16. The Bertz CT molecular complexity index is 315. The second kappa shape index (κ2) is 2.87. The van der Waals surface area contributed by atoms with E-state index in [1.165, 1.54) is 38.5 Å². The molecule has 0 aromatic rings. The van der Waals surface area contributed by atoms with Gasteiger partial charge in [-0.2, -0.15) is 0 Å². The molecule has 0 N–H and O–H groups in total. The summed E-state index contributed by atoms with van der Waals surface area (Å²) in [5.74, 6) is 0.789. The van der Waals surface area contributed by atoms with Crippen molar-refractivity contribution in [2.45, 2.75) is 38.5 Å². The Morgan fingerprint density at radius 1 is 1.08 bits per heavy atom. The van der Waals surface area contributed by atoms with Crippen molar-refractivity contribution in [1.82, 2.24) is 0 Å². The molecule has 0 nitrogen and oxygen atoms in total. The molecule has 13 heavy (non-hydrogen) atoms. The van der Waals surface area contributed by atoms with Gasteiger partial charge in [-0.15, -0.1) is 0 Å². The van der Waals surface area contributed by atoms with E-state index < -0.39 is 0 Å². The van der Waals surface area contributed by atoms with Crippen molar-refractivity contribution in [2.24, 2.45) is 5.92 Å². The third-order valence-electron chi connectivity index (χ3n) is 3.72. The Labute approximate surface area is 80.0 Å². The van der Waals surface area contributed by atoms with Crippen LogP contribution in [0, 0.1) is 5.92 Å². The van der Waals surface area contributed by atoms with Gasteiger partial charge < -0.3 is 0 Å². The Balaban J connectivity index is 1.92. The summed E-state index contributed by atoms with van der Waals surface area (Å²) < 4.78 is 0. The minimum atomic E-state index is 0.789. The summed E-state index contributed by atoms with van der Waals surface area (Å²) in [5.41, 5.74) is 5.28. The highest BCUT2D eigenvalue weighted by Crippen LogP contribution is 2.42. The second-order valence-electron chi connectivity index (χ2n) is 4.53. The van der Waals surface area contributed by atoms with Crippen LogP contribution in [0.5, 0.6) is 0 Å². The maximum absolute atomic E-state index is 2.38. The van der Waals surface area contributed by atoms with Gasteiger partial charge in [-0.05, 0) is 38.5 Å². The molecule has 3 rings (SSSR count). The molecule has 0 aromatic heterocycles. The van der Waals surface area contributed by atoms with E-state index in [0.29, 0.717) is 0 Å². The van der Waals surface area contributed by atoms with E-state index in [2.05, 4.69) is 18.2 Å². The Morgan fingerprint density at radius 3 is 2.85 bits per heavy atom. The van der Waals surface area contributed by atoms with Crippen LogP contribution in [0.3, 0.4) is 0 Å². The summed E-state index contributed by atoms with van der Waals surface area (Å²) in [6, 6.07) is 0. The first-order valence-electron chi connectivity index (χ1n) is 5.50. The van der Waals surface area contributed by atoms with Crippen LogP contribution >= 0.6 is 0 Å². The molecule has 3 aliphatic carbocycles. The van der Waals surface area contributed by atoms with Crippen molar-refractivity contribution in [3.63, 3.8) is 0 Å². The lowest BCUT2D eigenvalue weighted by Crippen LogP contribution is -2.13. The molecule has 0 radical (unpaired) electrons. The van der Waals surface area contributed by atoms with Crippen LogP contribution in [0.2, 0.25) is 0 Å². The van der Waals surface area contributed by atoms with E-state index in [9.17, 15) is 0 Å². The van der Waals surface area contributed by atoms with Gasteiger partial charge in [0.2, 0.25) is 0 Å². The topological polar surface area (TPSA) is 0 Å². The van der Waals surface area contributed by atoms with Crippen LogP contribution in [-0.2, 0) is 0 Å². The van der Waals surface area contributed by atoms with Gasteiger partial charge in [-0.3, -0.25) is 0 Å². The summed E-state index contributed by atoms with van der Waals surface area (Å²) >= 11 is 0. The third-order valence-corrected chi connectivity index (χ3v) is 3.72. The van der Waals surface area contributed by atoms with Crippen molar-refractivity contribution in [2.75, 3.05) is 0 Å². The molecule has 0 heteroatoms. The quantitative estimate of drug-likeness (QED) is 0.488. The summed E-state index contributed by atoms with van der Waals surface area (Å²) in [6.45, 7) is 0. The molecule has 0 amide bonds. The van der Waals surface area contributed by atoms with Gasteiger partial charge in [0.1, 0.15) is 0 Å². The fourth-order valence-corrected chi connectivity index (χ4v) is 2.95. The van der Waals surface area contributed by atoms with Crippen LogP contribution in [0.1, 0.15) is 38.5 Å².